The summed E-state index contributed by atoms with van der Waals surface area (Å²) in [6, 6.07) is 9.59. The Labute approximate surface area is 186 Å². The van der Waals surface area contributed by atoms with Gasteiger partial charge in [0, 0.05) is 28.2 Å². The number of amides is 2. The molecule has 0 heterocycles. The average Bonchev–Trinajstić information content (AvgIpc) is 2.68. The van der Waals surface area contributed by atoms with Crippen molar-refractivity contribution in [2.45, 2.75) is 45.8 Å². The molecule has 0 fully saturated rings. The molecule has 2 amide bonds. The van der Waals surface area contributed by atoms with Crippen LogP contribution in [0.2, 0.25) is 10.0 Å². The maximum atomic E-state index is 13.1. The first-order valence-corrected chi connectivity index (χ1v) is 10.4. The fourth-order valence-electron chi connectivity index (χ4n) is 2.91. The van der Waals surface area contributed by atoms with Crippen LogP contribution in [-0.2, 0) is 16.1 Å². The summed E-state index contributed by atoms with van der Waals surface area (Å²) in [7, 11) is 0. The highest BCUT2D eigenvalue weighted by molar-refractivity contribution is 6.36. The Hall–Kier alpha value is -2.31. The van der Waals surface area contributed by atoms with Crippen LogP contribution in [0.5, 0.6) is 5.75 Å². The molecule has 0 bridgehead atoms. The SMILES string of the molecule is CC[C@@H](C(=O)NC(C)C)N(Cc1c(Cl)cccc1Cl)C(=O)COc1ccc(F)cc1. The van der Waals surface area contributed by atoms with Crippen molar-refractivity contribution in [1.82, 2.24) is 10.2 Å². The molecule has 0 saturated carbocycles. The van der Waals surface area contributed by atoms with E-state index in [0.717, 1.165) is 0 Å². The highest BCUT2D eigenvalue weighted by Gasteiger charge is 2.30. The molecule has 0 aromatic heterocycles. The summed E-state index contributed by atoms with van der Waals surface area (Å²) in [5, 5.41) is 3.65. The summed E-state index contributed by atoms with van der Waals surface area (Å²) in [5.74, 6) is -0.743. The summed E-state index contributed by atoms with van der Waals surface area (Å²) >= 11 is 12.6. The minimum atomic E-state index is -0.732. The first-order chi connectivity index (χ1) is 14.2. The monoisotopic (exact) mass is 454 g/mol. The van der Waals surface area contributed by atoms with Gasteiger partial charge in [-0.25, -0.2) is 4.39 Å². The molecule has 0 radical (unpaired) electrons. The minimum Gasteiger partial charge on any atom is -0.484 e. The molecule has 2 rings (SSSR count). The lowest BCUT2D eigenvalue weighted by molar-refractivity contribution is -0.143. The number of hydrogen-bond donors (Lipinski definition) is 1. The van der Waals surface area contributed by atoms with Gasteiger partial charge in [-0.2, -0.15) is 0 Å². The van der Waals surface area contributed by atoms with Crippen molar-refractivity contribution < 1.29 is 18.7 Å². The van der Waals surface area contributed by atoms with Gasteiger partial charge in [0.2, 0.25) is 5.91 Å². The van der Waals surface area contributed by atoms with Gasteiger partial charge in [0.25, 0.3) is 5.91 Å². The van der Waals surface area contributed by atoms with Crippen molar-refractivity contribution in [3.8, 4) is 5.75 Å². The zero-order chi connectivity index (χ0) is 22.3. The lowest BCUT2D eigenvalue weighted by Gasteiger charge is -2.31. The topological polar surface area (TPSA) is 58.6 Å². The van der Waals surface area contributed by atoms with Crippen LogP contribution in [0.1, 0.15) is 32.8 Å². The van der Waals surface area contributed by atoms with Crippen LogP contribution in [-0.4, -0.2) is 35.4 Å². The molecular formula is C22H25Cl2FN2O3. The number of hydrogen-bond acceptors (Lipinski definition) is 3. The number of rotatable bonds is 9. The second-order valence-electron chi connectivity index (χ2n) is 7.05. The third kappa shape index (κ3) is 6.61. The van der Waals surface area contributed by atoms with Crippen molar-refractivity contribution in [3.63, 3.8) is 0 Å². The molecule has 0 aliphatic rings. The summed E-state index contributed by atoms with van der Waals surface area (Å²) in [5.41, 5.74) is 0.548. The van der Waals surface area contributed by atoms with E-state index >= 15 is 0 Å². The molecule has 0 unspecified atom stereocenters. The van der Waals surface area contributed by atoms with Gasteiger partial charge in [0.05, 0.1) is 0 Å². The lowest BCUT2D eigenvalue weighted by atomic mass is 10.1. The number of carbonyl (C=O) groups is 2. The molecule has 2 aromatic carbocycles. The number of benzene rings is 2. The Morgan fingerprint density at radius 3 is 2.23 bits per heavy atom. The van der Waals surface area contributed by atoms with Crippen molar-refractivity contribution in [3.05, 3.63) is 63.9 Å². The summed E-state index contributed by atoms with van der Waals surface area (Å²) in [4.78, 5) is 27.2. The van der Waals surface area contributed by atoms with Crippen LogP contribution in [0.25, 0.3) is 0 Å². The van der Waals surface area contributed by atoms with Gasteiger partial charge < -0.3 is 15.0 Å². The molecule has 0 aliphatic carbocycles. The summed E-state index contributed by atoms with van der Waals surface area (Å²) in [6.45, 7) is 5.24. The second kappa shape index (κ2) is 11.2. The van der Waals surface area contributed by atoms with E-state index in [2.05, 4.69) is 5.32 Å². The van der Waals surface area contributed by atoms with Gasteiger partial charge in [-0.05, 0) is 56.7 Å². The number of nitrogens with zero attached hydrogens (tertiary/aromatic N) is 1. The number of carbonyl (C=O) groups excluding carboxylic acids is 2. The molecule has 2 aromatic rings. The van der Waals surface area contributed by atoms with Crippen LogP contribution < -0.4 is 10.1 Å². The molecule has 1 atom stereocenters. The number of halogens is 3. The molecule has 30 heavy (non-hydrogen) atoms. The fraction of sp³-hybridized carbons (Fsp3) is 0.364. The van der Waals surface area contributed by atoms with Gasteiger partial charge in [-0.3, -0.25) is 9.59 Å². The van der Waals surface area contributed by atoms with Crippen LogP contribution >= 0.6 is 23.2 Å². The van der Waals surface area contributed by atoms with E-state index in [9.17, 15) is 14.0 Å². The zero-order valence-electron chi connectivity index (χ0n) is 17.1. The van der Waals surface area contributed by atoms with Gasteiger partial charge in [-0.1, -0.05) is 36.2 Å². The molecule has 1 N–H and O–H groups in total. The van der Waals surface area contributed by atoms with Crippen molar-refractivity contribution in [1.29, 1.82) is 0 Å². The van der Waals surface area contributed by atoms with Crippen molar-refractivity contribution >= 4 is 35.0 Å². The highest BCUT2D eigenvalue weighted by Crippen LogP contribution is 2.27. The van der Waals surface area contributed by atoms with Crippen molar-refractivity contribution in [2.75, 3.05) is 6.61 Å². The van der Waals surface area contributed by atoms with Crippen LogP contribution in [0.15, 0.2) is 42.5 Å². The Morgan fingerprint density at radius 2 is 1.70 bits per heavy atom. The Bertz CT molecular complexity index is 855. The van der Waals surface area contributed by atoms with Gasteiger partial charge in [-0.15, -0.1) is 0 Å². The smallest absolute Gasteiger partial charge is 0.261 e. The largest absolute Gasteiger partial charge is 0.484 e. The van der Waals surface area contributed by atoms with E-state index in [1.54, 1.807) is 18.2 Å². The molecule has 0 spiro atoms. The van der Waals surface area contributed by atoms with Crippen molar-refractivity contribution in [2.24, 2.45) is 0 Å². The standard InChI is InChI=1S/C22H25Cl2FN2O3/c1-4-20(22(29)26-14(2)3)27(12-17-18(23)6-5-7-19(17)24)21(28)13-30-16-10-8-15(25)9-11-16/h5-11,14,20H,4,12-13H2,1-3H3,(H,26,29)/t20-/m0/s1. The molecule has 162 valence electrons. The molecule has 5 nitrogen and oxygen atoms in total. The second-order valence-corrected chi connectivity index (χ2v) is 7.87. The number of ether oxygens (including phenoxy) is 1. The highest BCUT2D eigenvalue weighted by atomic mass is 35.5. The van der Waals surface area contributed by atoms with E-state index < -0.39 is 17.8 Å². The minimum absolute atomic E-state index is 0.0497. The Balaban J connectivity index is 2.27. The Kier molecular flexibility index (Phi) is 8.93. The van der Waals surface area contributed by atoms with Gasteiger partial charge in [0.1, 0.15) is 17.6 Å². The maximum Gasteiger partial charge on any atom is 0.261 e. The van der Waals surface area contributed by atoms with Crippen LogP contribution in [0.4, 0.5) is 4.39 Å². The van der Waals surface area contributed by atoms with Crippen LogP contribution in [0, 0.1) is 5.82 Å². The van der Waals surface area contributed by atoms with E-state index in [4.69, 9.17) is 27.9 Å². The first-order valence-electron chi connectivity index (χ1n) is 9.64. The van der Waals surface area contributed by atoms with Gasteiger partial charge >= 0.3 is 0 Å². The predicted molar refractivity (Wildman–Crippen MR) is 116 cm³/mol. The Morgan fingerprint density at radius 1 is 1.10 bits per heavy atom. The normalized spacial score (nSPS) is 11.8. The van der Waals surface area contributed by atoms with Crippen LogP contribution in [0.3, 0.4) is 0 Å². The van der Waals surface area contributed by atoms with E-state index in [1.807, 2.05) is 20.8 Å². The van der Waals surface area contributed by atoms with Gasteiger partial charge in [0.15, 0.2) is 6.61 Å². The zero-order valence-corrected chi connectivity index (χ0v) is 18.6. The predicted octanol–water partition coefficient (Wildman–Crippen LogP) is 4.84. The van der Waals surface area contributed by atoms with E-state index in [-0.39, 0.29) is 25.1 Å². The van der Waals surface area contributed by atoms with E-state index in [0.29, 0.717) is 27.8 Å². The lowest BCUT2D eigenvalue weighted by Crippen LogP contribution is -2.51. The average molecular weight is 455 g/mol. The summed E-state index contributed by atoms with van der Waals surface area (Å²) in [6.07, 6.45) is 0.392. The third-order valence-electron chi connectivity index (χ3n) is 4.38. The maximum absolute atomic E-state index is 13.1. The fourth-order valence-corrected chi connectivity index (χ4v) is 3.43. The molecular weight excluding hydrogens is 430 g/mol. The summed E-state index contributed by atoms with van der Waals surface area (Å²) < 4.78 is 18.6. The quantitative estimate of drug-likeness (QED) is 0.589. The van der Waals surface area contributed by atoms with E-state index in [1.165, 1.54) is 29.2 Å². The molecule has 0 saturated heterocycles. The number of nitrogens with one attached hydrogen (secondary N) is 1. The third-order valence-corrected chi connectivity index (χ3v) is 5.09. The first kappa shape index (κ1) is 24.0. The molecule has 0 aliphatic heterocycles. The molecule has 8 heteroatoms.